The summed E-state index contributed by atoms with van der Waals surface area (Å²) in [6, 6.07) is 0. The summed E-state index contributed by atoms with van der Waals surface area (Å²) in [5.41, 5.74) is 1.73. The minimum Gasteiger partial charge on any atom is -0.469 e. The maximum atomic E-state index is 12.7. The molecule has 130 valence electrons. The molecular formula is C19H24O5. The number of rotatable bonds is 2. The minimum absolute atomic E-state index is 0.196. The van der Waals surface area contributed by atoms with Crippen LogP contribution >= 0.6 is 0 Å². The molecule has 0 amide bonds. The number of furan rings is 1. The van der Waals surface area contributed by atoms with E-state index in [1.54, 1.807) is 6.26 Å². The largest absolute Gasteiger partial charge is 0.469 e. The van der Waals surface area contributed by atoms with Crippen LogP contribution in [0.5, 0.6) is 0 Å². The SMILES string of the molecule is Cc1coc2c1[C@@H]1OC(=O)[C@H]3[C@@H](OC(=O)C(C)C)CC[C@H](C2)[C@]13C. The van der Waals surface area contributed by atoms with Crippen molar-refractivity contribution in [3.8, 4) is 0 Å². The van der Waals surface area contributed by atoms with Crippen LogP contribution in [0.2, 0.25) is 0 Å². The molecule has 1 saturated carbocycles. The summed E-state index contributed by atoms with van der Waals surface area (Å²) in [5, 5.41) is 0. The van der Waals surface area contributed by atoms with Crippen molar-refractivity contribution in [2.75, 3.05) is 0 Å². The van der Waals surface area contributed by atoms with Gasteiger partial charge in [-0.25, -0.2) is 0 Å². The van der Waals surface area contributed by atoms with Gasteiger partial charge in [0.1, 0.15) is 23.9 Å². The third kappa shape index (κ3) is 1.93. The van der Waals surface area contributed by atoms with E-state index in [0.29, 0.717) is 12.3 Å². The highest BCUT2D eigenvalue weighted by Crippen LogP contribution is 2.63. The molecule has 0 spiro atoms. The molecule has 1 aromatic rings. The molecule has 3 aliphatic rings. The van der Waals surface area contributed by atoms with E-state index in [9.17, 15) is 9.59 Å². The fourth-order valence-electron chi connectivity index (χ4n) is 4.94. The van der Waals surface area contributed by atoms with Crippen molar-refractivity contribution in [1.82, 2.24) is 0 Å². The highest BCUT2D eigenvalue weighted by Gasteiger charge is 2.66. The fourth-order valence-corrected chi connectivity index (χ4v) is 4.94. The first kappa shape index (κ1) is 15.7. The normalized spacial score (nSPS) is 37.0. The van der Waals surface area contributed by atoms with Crippen molar-refractivity contribution < 1.29 is 23.5 Å². The average Bonchev–Trinajstić information content (AvgIpc) is 3.00. The summed E-state index contributed by atoms with van der Waals surface area (Å²) in [6.07, 6.45) is 3.53. The topological polar surface area (TPSA) is 65.7 Å². The van der Waals surface area contributed by atoms with Crippen LogP contribution in [0.3, 0.4) is 0 Å². The smallest absolute Gasteiger partial charge is 0.314 e. The zero-order valence-electron chi connectivity index (χ0n) is 14.6. The molecule has 0 N–H and O–H groups in total. The van der Waals surface area contributed by atoms with E-state index >= 15 is 0 Å². The monoisotopic (exact) mass is 332 g/mol. The summed E-state index contributed by atoms with van der Waals surface area (Å²) >= 11 is 0. The van der Waals surface area contributed by atoms with Gasteiger partial charge in [-0.2, -0.15) is 0 Å². The number of hydrogen-bond donors (Lipinski definition) is 0. The number of carbonyl (C=O) groups is 2. The lowest BCUT2D eigenvalue weighted by Gasteiger charge is -2.48. The van der Waals surface area contributed by atoms with Gasteiger partial charge in [-0.05, 0) is 31.2 Å². The summed E-state index contributed by atoms with van der Waals surface area (Å²) in [4.78, 5) is 24.8. The van der Waals surface area contributed by atoms with E-state index in [2.05, 4.69) is 6.92 Å². The first-order valence-corrected chi connectivity index (χ1v) is 8.81. The predicted molar refractivity (Wildman–Crippen MR) is 85.0 cm³/mol. The van der Waals surface area contributed by atoms with Crippen molar-refractivity contribution in [3.63, 3.8) is 0 Å². The highest BCUT2D eigenvalue weighted by molar-refractivity contribution is 5.79. The third-order valence-corrected chi connectivity index (χ3v) is 6.31. The lowest BCUT2D eigenvalue weighted by atomic mass is 9.54. The second kappa shape index (κ2) is 5.11. The molecule has 1 saturated heterocycles. The summed E-state index contributed by atoms with van der Waals surface area (Å²) < 4.78 is 17.2. The molecule has 2 heterocycles. The maximum Gasteiger partial charge on any atom is 0.314 e. The van der Waals surface area contributed by atoms with E-state index in [4.69, 9.17) is 13.9 Å². The van der Waals surface area contributed by atoms with Crippen LogP contribution in [-0.4, -0.2) is 18.0 Å². The number of ether oxygens (including phenoxy) is 2. The van der Waals surface area contributed by atoms with E-state index < -0.39 is 0 Å². The molecule has 24 heavy (non-hydrogen) atoms. The van der Waals surface area contributed by atoms with Crippen LogP contribution in [0.1, 0.15) is 56.6 Å². The number of fused-ring (bicyclic) bond motifs is 2. The standard InChI is InChI=1S/C19H24O5/c1-9(2)17(20)23-12-6-5-11-7-13-14(10(3)8-22-13)16-19(11,4)15(12)18(21)24-16/h8-9,11-12,15-16H,5-7H2,1-4H3/t11-,12+,15-,16+,19+/m1/s1. The molecule has 5 atom stereocenters. The van der Waals surface area contributed by atoms with Crippen LogP contribution in [0.25, 0.3) is 0 Å². The molecule has 2 fully saturated rings. The molecule has 0 radical (unpaired) electrons. The Morgan fingerprint density at radius 1 is 1.38 bits per heavy atom. The predicted octanol–water partition coefficient (Wildman–Crippen LogP) is 3.34. The number of aryl methyl sites for hydroxylation is 1. The highest BCUT2D eigenvalue weighted by atomic mass is 16.6. The summed E-state index contributed by atoms with van der Waals surface area (Å²) in [7, 11) is 0. The van der Waals surface area contributed by atoms with Gasteiger partial charge in [0, 0.05) is 17.4 Å². The van der Waals surface area contributed by atoms with E-state index in [-0.39, 0.29) is 41.4 Å². The van der Waals surface area contributed by atoms with Gasteiger partial charge < -0.3 is 13.9 Å². The third-order valence-electron chi connectivity index (χ3n) is 6.31. The van der Waals surface area contributed by atoms with Crippen molar-refractivity contribution in [1.29, 1.82) is 0 Å². The Labute approximate surface area is 141 Å². The first-order chi connectivity index (χ1) is 11.3. The number of hydrogen-bond acceptors (Lipinski definition) is 5. The summed E-state index contributed by atoms with van der Waals surface area (Å²) in [6.45, 7) is 7.75. The second-order valence-corrected chi connectivity index (χ2v) is 8.02. The van der Waals surface area contributed by atoms with Gasteiger partial charge in [-0.3, -0.25) is 9.59 Å². The van der Waals surface area contributed by atoms with E-state index in [1.165, 1.54) is 0 Å². The molecule has 1 aliphatic heterocycles. The van der Waals surface area contributed by atoms with Crippen LogP contribution in [0.4, 0.5) is 0 Å². The lowest BCUT2D eigenvalue weighted by molar-refractivity contribution is -0.166. The maximum absolute atomic E-state index is 12.7. The molecular weight excluding hydrogens is 308 g/mol. The fraction of sp³-hybridized carbons (Fsp3) is 0.684. The quantitative estimate of drug-likeness (QED) is 0.777. The average molecular weight is 332 g/mol. The Morgan fingerprint density at radius 3 is 2.83 bits per heavy atom. The molecule has 0 aromatic carbocycles. The number of esters is 2. The van der Waals surface area contributed by atoms with Crippen LogP contribution in [0.15, 0.2) is 10.7 Å². The zero-order valence-corrected chi connectivity index (χ0v) is 14.6. The molecule has 0 bridgehead atoms. The molecule has 5 nitrogen and oxygen atoms in total. The molecule has 5 heteroatoms. The Kier molecular flexibility index (Phi) is 3.35. The Balaban J connectivity index is 1.73. The van der Waals surface area contributed by atoms with Gasteiger partial charge in [-0.1, -0.05) is 20.8 Å². The van der Waals surface area contributed by atoms with Gasteiger partial charge in [0.25, 0.3) is 0 Å². The van der Waals surface area contributed by atoms with Gasteiger partial charge in [0.2, 0.25) is 0 Å². The molecule has 0 unspecified atom stereocenters. The van der Waals surface area contributed by atoms with Crippen LogP contribution in [-0.2, 0) is 25.5 Å². The van der Waals surface area contributed by atoms with E-state index in [0.717, 1.165) is 29.7 Å². The van der Waals surface area contributed by atoms with Crippen LogP contribution in [0, 0.1) is 30.1 Å². The molecule has 2 aliphatic carbocycles. The first-order valence-electron chi connectivity index (χ1n) is 8.81. The Hall–Kier alpha value is -1.78. The lowest BCUT2D eigenvalue weighted by Crippen LogP contribution is -2.51. The zero-order chi connectivity index (χ0) is 17.2. The van der Waals surface area contributed by atoms with Gasteiger partial charge in [0.05, 0.1) is 12.2 Å². The van der Waals surface area contributed by atoms with Crippen molar-refractivity contribution in [2.45, 2.75) is 59.2 Å². The van der Waals surface area contributed by atoms with Gasteiger partial charge in [-0.15, -0.1) is 0 Å². The van der Waals surface area contributed by atoms with Crippen molar-refractivity contribution in [3.05, 3.63) is 23.2 Å². The molecule has 1 aromatic heterocycles. The van der Waals surface area contributed by atoms with Crippen molar-refractivity contribution >= 4 is 11.9 Å². The van der Waals surface area contributed by atoms with Gasteiger partial charge in [0.15, 0.2) is 0 Å². The Morgan fingerprint density at radius 2 is 2.12 bits per heavy atom. The van der Waals surface area contributed by atoms with Crippen molar-refractivity contribution in [2.24, 2.45) is 23.2 Å². The second-order valence-electron chi connectivity index (χ2n) is 8.02. The van der Waals surface area contributed by atoms with Crippen LogP contribution < -0.4 is 0 Å². The summed E-state index contributed by atoms with van der Waals surface area (Å²) in [5.74, 6) is 0.206. The Bertz CT molecular complexity index is 703. The molecule has 4 rings (SSSR count). The number of carbonyl (C=O) groups excluding carboxylic acids is 2. The van der Waals surface area contributed by atoms with Gasteiger partial charge >= 0.3 is 11.9 Å². The van der Waals surface area contributed by atoms with E-state index in [1.807, 2.05) is 20.8 Å². The minimum atomic E-state index is -0.383.